The van der Waals surface area contributed by atoms with E-state index in [-0.39, 0.29) is 11.8 Å². The van der Waals surface area contributed by atoms with E-state index in [1.54, 1.807) is 31.4 Å². The SMILES string of the molecule is CCC(C)C(NC(=O)Nc1ccc(OC)cc1)C(=O)Nc1nnc(-c2cccc(Br)c2)s1. The molecule has 3 rings (SSSR count). The van der Waals surface area contributed by atoms with Crippen LogP contribution in [0.1, 0.15) is 20.3 Å². The summed E-state index contributed by atoms with van der Waals surface area (Å²) in [6.07, 6.45) is 0.709. The van der Waals surface area contributed by atoms with Gasteiger partial charge in [0.05, 0.1) is 7.11 Å². The van der Waals surface area contributed by atoms with Crippen molar-refractivity contribution in [2.45, 2.75) is 26.3 Å². The zero-order valence-corrected chi connectivity index (χ0v) is 20.3. The molecule has 2 aromatic carbocycles. The third-order valence-electron chi connectivity index (χ3n) is 4.86. The summed E-state index contributed by atoms with van der Waals surface area (Å²) in [4.78, 5) is 25.5. The number of carbonyl (C=O) groups is 2. The van der Waals surface area contributed by atoms with Gasteiger partial charge in [-0.1, -0.05) is 59.7 Å². The van der Waals surface area contributed by atoms with E-state index in [1.165, 1.54) is 11.3 Å². The molecule has 8 nitrogen and oxygen atoms in total. The molecular weight excluding hydrogens is 494 g/mol. The molecule has 3 N–H and O–H groups in total. The number of halogens is 1. The van der Waals surface area contributed by atoms with Gasteiger partial charge in [0, 0.05) is 15.7 Å². The molecule has 1 aromatic heterocycles. The average molecular weight is 518 g/mol. The minimum atomic E-state index is -0.739. The lowest BCUT2D eigenvalue weighted by Crippen LogP contribution is -2.49. The van der Waals surface area contributed by atoms with E-state index in [2.05, 4.69) is 42.1 Å². The van der Waals surface area contributed by atoms with Crippen LogP contribution in [-0.2, 0) is 4.79 Å². The van der Waals surface area contributed by atoms with Gasteiger partial charge in [-0.2, -0.15) is 0 Å². The van der Waals surface area contributed by atoms with E-state index in [0.717, 1.165) is 10.0 Å². The van der Waals surface area contributed by atoms with E-state index in [1.807, 2.05) is 38.1 Å². The third kappa shape index (κ3) is 6.27. The van der Waals surface area contributed by atoms with Crippen molar-refractivity contribution in [2.24, 2.45) is 5.92 Å². The quantitative estimate of drug-likeness (QED) is 0.383. The summed E-state index contributed by atoms with van der Waals surface area (Å²) in [5.74, 6) is 0.252. The Morgan fingerprint density at radius 1 is 1.12 bits per heavy atom. The highest BCUT2D eigenvalue weighted by Gasteiger charge is 2.27. The van der Waals surface area contributed by atoms with Crippen molar-refractivity contribution < 1.29 is 14.3 Å². The molecule has 32 heavy (non-hydrogen) atoms. The topological polar surface area (TPSA) is 105 Å². The second-order valence-electron chi connectivity index (χ2n) is 7.10. The maximum atomic E-state index is 12.9. The minimum absolute atomic E-state index is 0.0888. The number of aromatic nitrogens is 2. The highest BCUT2D eigenvalue weighted by molar-refractivity contribution is 9.10. The first-order valence-corrected chi connectivity index (χ1v) is 11.6. The van der Waals surface area contributed by atoms with Crippen LogP contribution in [-0.4, -0.2) is 35.3 Å². The van der Waals surface area contributed by atoms with Crippen LogP contribution in [0, 0.1) is 5.92 Å². The molecular formula is C22H24BrN5O3S. The van der Waals surface area contributed by atoms with Gasteiger partial charge >= 0.3 is 6.03 Å². The Hall–Kier alpha value is -2.98. The normalized spacial score (nSPS) is 12.5. The molecule has 0 spiro atoms. The molecule has 0 fully saturated rings. The summed E-state index contributed by atoms with van der Waals surface area (Å²) in [5.41, 5.74) is 1.49. The smallest absolute Gasteiger partial charge is 0.319 e. The summed E-state index contributed by atoms with van der Waals surface area (Å²) in [6.45, 7) is 3.87. The number of methoxy groups -OCH3 is 1. The fourth-order valence-corrected chi connectivity index (χ4v) is 4.02. The largest absolute Gasteiger partial charge is 0.497 e. The number of carbonyl (C=O) groups excluding carboxylic acids is 2. The van der Waals surface area contributed by atoms with Gasteiger partial charge in [0.1, 0.15) is 16.8 Å². The van der Waals surface area contributed by atoms with Gasteiger partial charge in [-0.15, -0.1) is 10.2 Å². The van der Waals surface area contributed by atoms with Gasteiger partial charge in [0.15, 0.2) is 0 Å². The molecule has 3 amide bonds. The van der Waals surface area contributed by atoms with E-state index >= 15 is 0 Å². The number of hydrogen-bond donors (Lipinski definition) is 3. The predicted octanol–water partition coefficient (Wildman–Crippen LogP) is 5.15. The number of hydrogen-bond acceptors (Lipinski definition) is 6. The van der Waals surface area contributed by atoms with Crippen LogP contribution >= 0.6 is 27.3 Å². The lowest BCUT2D eigenvalue weighted by atomic mass is 9.98. The van der Waals surface area contributed by atoms with Crippen molar-refractivity contribution >= 4 is 50.0 Å². The Labute approximate surface area is 198 Å². The van der Waals surface area contributed by atoms with Crippen molar-refractivity contribution in [3.05, 3.63) is 53.0 Å². The molecule has 1 heterocycles. The highest BCUT2D eigenvalue weighted by Crippen LogP contribution is 2.28. The van der Waals surface area contributed by atoms with Crippen molar-refractivity contribution in [3.63, 3.8) is 0 Å². The zero-order chi connectivity index (χ0) is 23.1. The molecule has 0 radical (unpaired) electrons. The molecule has 168 valence electrons. The Morgan fingerprint density at radius 3 is 2.53 bits per heavy atom. The summed E-state index contributed by atoms with van der Waals surface area (Å²) >= 11 is 4.71. The Kier molecular flexibility index (Phi) is 8.18. The van der Waals surface area contributed by atoms with Crippen molar-refractivity contribution in [1.29, 1.82) is 0 Å². The number of nitrogens with one attached hydrogen (secondary N) is 3. The summed E-state index contributed by atoms with van der Waals surface area (Å²) in [7, 11) is 1.57. The fourth-order valence-electron chi connectivity index (χ4n) is 2.88. The second-order valence-corrected chi connectivity index (χ2v) is 9.00. The number of amides is 3. The number of benzene rings is 2. The van der Waals surface area contributed by atoms with Gasteiger partial charge < -0.3 is 15.4 Å². The molecule has 0 aliphatic carbocycles. The van der Waals surface area contributed by atoms with Gasteiger partial charge in [-0.3, -0.25) is 10.1 Å². The number of rotatable bonds is 8. The van der Waals surface area contributed by atoms with Crippen LogP contribution < -0.4 is 20.7 Å². The van der Waals surface area contributed by atoms with Crippen LogP contribution in [0.4, 0.5) is 15.6 Å². The lowest BCUT2D eigenvalue weighted by Gasteiger charge is -2.23. The molecule has 0 bridgehead atoms. The molecule has 3 aromatic rings. The predicted molar refractivity (Wildman–Crippen MR) is 130 cm³/mol. The molecule has 10 heteroatoms. The molecule has 0 aliphatic rings. The van der Waals surface area contributed by atoms with E-state index in [0.29, 0.717) is 28.0 Å². The Balaban J connectivity index is 1.66. The lowest BCUT2D eigenvalue weighted by molar-refractivity contribution is -0.119. The van der Waals surface area contributed by atoms with Crippen LogP contribution in [0.2, 0.25) is 0 Å². The first kappa shape index (κ1) is 23.7. The van der Waals surface area contributed by atoms with Crippen molar-refractivity contribution in [1.82, 2.24) is 15.5 Å². The summed E-state index contributed by atoms with van der Waals surface area (Å²) in [6, 6.07) is 13.4. The maximum Gasteiger partial charge on any atom is 0.319 e. The highest BCUT2D eigenvalue weighted by atomic mass is 79.9. The summed E-state index contributed by atoms with van der Waals surface area (Å²) in [5, 5.41) is 17.6. The van der Waals surface area contributed by atoms with E-state index in [9.17, 15) is 9.59 Å². The Morgan fingerprint density at radius 2 is 1.88 bits per heavy atom. The number of urea groups is 1. The maximum absolute atomic E-state index is 12.9. The number of nitrogens with zero attached hydrogens (tertiary/aromatic N) is 2. The molecule has 2 atom stereocenters. The summed E-state index contributed by atoms with van der Waals surface area (Å²) < 4.78 is 6.05. The van der Waals surface area contributed by atoms with Gasteiger partial charge in [-0.05, 0) is 42.3 Å². The molecule has 0 saturated carbocycles. The average Bonchev–Trinajstić information content (AvgIpc) is 3.26. The van der Waals surface area contributed by atoms with Crippen molar-refractivity contribution in [3.8, 4) is 16.3 Å². The second kappa shape index (κ2) is 11.1. The van der Waals surface area contributed by atoms with Crippen molar-refractivity contribution in [2.75, 3.05) is 17.7 Å². The molecule has 0 aliphatic heterocycles. The first-order chi connectivity index (χ1) is 15.4. The van der Waals surface area contributed by atoms with Crippen LogP contribution in [0.15, 0.2) is 53.0 Å². The molecule has 0 saturated heterocycles. The van der Waals surface area contributed by atoms with E-state index in [4.69, 9.17) is 4.74 Å². The Bertz CT molecular complexity index is 1070. The van der Waals surface area contributed by atoms with Crippen LogP contribution in [0.3, 0.4) is 0 Å². The number of anilines is 2. The van der Waals surface area contributed by atoms with Gasteiger partial charge in [-0.25, -0.2) is 4.79 Å². The standard InChI is InChI=1S/C22H24BrN5O3S/c1-4-13(2)18(25-21(30)24-16-8-10-17(31-3)11-9-16)19(29)26-22-28-27-20(32-22)14-6-5-7-15(23)12-14/h5-13,18H,4H2,1-3H3,(H2,24,25,30)(H,26,28,29). The fraction of sp³-hybridized carbons (Fsp3) is 0.273. The van der Waals surface area contributed by atoms with Crippen LogP contribution in [0.25, 0.3) is 10.6 Å². The third-order valence-corrected chi connectivity index (χ3v) is 6.24. The minimum Gasteiger partial charge on any atom is -0.497 e. The number of ether oxygens (including phenoxy) is 1. The monoisotopic (exact) mass is 517 g/mol. The first-order valence-electron chi connectivity index (χ1n) is 10.0. The van der Waals surface area contributed by atoms with Gasteiger partial charge in [0.25, 0.3) is 0 Å². The molecule has 2 unspecified atom stereocenters. The zero-order valence-electron chi connectivity index (χ0n) is 17.9. The van der Waals surface area contributed by atoms with Crippen LogP contribution in [0.5, 0.6) is 5.75 Å². The van der Waals surface area contributed by atoms with E-state index < -0.39 is 12.1 Å². The van der Waals surface area contributed by atoms with Gasteiger partial charge in [0.2, 0.25) is 11.0 Å².